The number of amidine groups is 1. The van der Waals surface area contributed by atoms with Crippen molar-refractivity contribution in [2.75, 3.05) is 13.7 Å². The Morgan fingerprint density at radius 1 is 1.07 bits per heavy atom. The van der Waals surface area contributed by atoms with Gasteiger partial charge in [0.1, 0.15) is 0 Å². The van der Waals surface area contributed by atoms with Crippen molar-refractivity contribution >= 4 is 23.1 Å². The van der Waals surface area contributed by atoms with E-state index in [2.05, 4.69) is 29.3 Å². The molecule has 0 bridgehead atoms. The average Bonchev–Trinajstić information content (AvgIpc) is 2.73. The Labute approximate surface area is 172 Å². The number of benzene rings is 2. The molecule has 2 aromatic carbocycles. The van der Waals surface area contributed by atoms with Crippen LogP contribution in [0.1, 0.15) is 43.7 Å². The molecule has 0 radical (unpaired) electrons. The minimum absolute atomic E-state index is 0.430. The van der Waals surface area contributed by atoms with Gasteiger partial charge in [0.15, 0.2) is 16.7 Å². The normalized spacial score (nSPS) is 11.7. The van der Waals surface area contributed by atoms with E-state index in [-0.39, 0.29) is 0 Å². The molecule has 0 atom stereocenters. The number of nitrogens with zero attached hydrogens (tertiary/aromatic N) is 2. The lowest BCUT2D eigenvalue weighted by atomic mass is 10.2. The lowest BCUT2D eigenvalue weighted by Gasteiger charge is -2.11. The van der Waals surface area contributed by atoms with Gasteiger partial charge >= 0.3 is 0 Å². The highest BCUT2D eigenvalue weighted by Gasteiger charge is 2.05. The first-order chi connectivity index (χ1) is 13.7. The van der Waals surface area contributed by atoms with Crippen LogP contribution >= 0.6 is 11.8 Å². The molecule has 0 aliphatic carbocycles. The van der Waals surface area contributed by atoms with Gasteiger partial charge in [-0.2, -0.15) is 5.10 Å². The fraction of sp³-hybridized carbons (Fsp3) is 0.364. The van der Waals surface area contributed by atoms with Gasteiger partial charge < -0.3 is 15.2 Å². The summed E-state index contributed by atoms with van der Waals surface area (Å²) in [6.45, 7) is 2.90. The summed E-state index contributed by atoms with van der Waals surface area (Å²) < 4.78 is 11.3. The van der Waals surface area contributed by atoms with Gasteiger partial charge in [0, 0.05) is 5.75 Å². The largest absolute Gasteiger partial charge is 0.493 e. The summed E-state index contributed by atoms with van der Waals surface area (Å²) in [6.07, 6.45) is 6.35. The first-order valence-electron chi connectivity index (χ1n) is 9.57. The van der Waals surface area contributed by atoms with Gasteiger partial charge in [0.25, 0.3) is 0 Å². The first-order valence-corrected chi connectivity index (χ1v) is 10.6. The fourth-order valence-electron chi connectivity index (χ4n) is 2.51. The van der Waals surface area contributed by atoms with Crippen LogP contribution in [0, 0.1) is 0 Å². The molecule has 0 heterocycles. The highest BCUT2D eigenvalue weighted by atomic mass is 32.2. The molecule has 2 N–H and O–H groups in total. The van der Waals surface area contributed by atoms with Crippen LogP contribution < -0.4 is 15.2 Å². The zero-order chi connectivity index (χ0) is 20.0. The second-order valence-corrected chi connectivity index (χ2v) is 7.27. The molecule has 0 fully saturated rings. The zero-order valence-corrected chi connectivity index (χ0v) is 17.5. The molecule has 0 aliphatic rings. The van der Waals surface area contributed by atoms with Crippen LogP contribution in [0.5, 0.6) is 11.5 Å². The van der Waals surface area contributed by atoms with Crippen LogP contribution in [0.4, 0.5) is 0 Å². The van der Waals surface area contributed by atoms with Gasteiger partial charge in [-0.3, -0.25) is 0 Å². The Hall–Kier alpha value is -2.47. The highest BCUT2D eigenvalue weighted by Crippen LogP contribution is 2.27. The predicted octanol–water partition coefficient (Wildman–Crippen LogP) is 5.24. The van der Waals surface area contributed by atoms with E-state index < -0.39 is 0 Å². The van der Waals surface area contributed by atoms with Crippen LogP contribution in [0.15, 0.2) is 58.7 Å². The number of methoxy groups -OCH3 is 1. The van der Waals surface area contributed by atoms with Gasteiger partial charge in [-0.1, -0.05) is 68.3 Å². The Balaban J connectivity index is 1.86. The molecule has 5 nitrogen and oxygen atoms in total. The van der Waals surface area contributed by atoms with E-state index in [0.717, 1.165) is 23.5 Å². The van der Waals surface area contributed by atoms with Crippen molar-refractivity contribution in [3.05, 3.63) is 59.7 Å². The molecule has 150 valence electrons. The van der Waals surface area contributed by atoms with Crippen molar-refractivity contribution in [1.29, 1.82) is 0 Å². The lowest BCUT2D eigenvalue weighted by Crippen LogP contribution is -2.06. The number of nitrogens with two attached hydrogens (primary N) is 1. The third-order valence-electron chi connectivity index (χ3n) is 4.04. The predicted molar refractivity (Wildman–Crippen MR) is 120 cm³/mol. The monoisotopic (exact) mass is 399 g/mol. The first kappa shape index (κ1) is 21.8. The number of rotatable bonds is 11. The van der Waals surface area contributed by atoms with E-state index in [1.54, 1.807) is 13.3 Å². The van der Waals surface area contributed by atoms with Crippen molar-refractivity contribution in [1.82, 2.24) is 0 Å². The molecular weight excluding hydrogens is 370 g/mol. The third-order valence-corrected chi connectivity index (χ3v) is 4.89. The highest BCUT2D eigenvalue weighted by molar-refractivity contribution is 8.13. The molecule has 28 heavy (non-hydrogen) atoms. The molecule has 2 aromatic rings. The molecule has 0 saturated carbocycles. The summed E-state index contributed by atoms with van der Waals surface area (Å²) in [5.74, 6) is 2.21. The molecule has 0 aliphatic heterocycles. The van der Waals surface area contributed by atoms with E-state index in [4.69, 9.17) is 15.2 Å². The maximum atomic E-state index is 5.91. The Morgan fingerprint density at radius 3 is 2.64 bits per heavy atom. The number of hydrogen-bond donors (Lipinski definition) is 1. The van der Waals surface area contributed by atoms with E-state index in [0.29, 0.717) is 17.5 Å². The van der Waals surface area contributed by atoms with Crippen molar-refractivity contribution in [2.24, 2.45) is 15.9 Å². The number of hydrogen-bond acceptors (Lipinski definition) is 5. The standard InChI is InChI=1S/C22H29N3O2S/c1-3-4-5-9-14-27-20-13-12-19(15-21(20)26-2)16-24-25-22(23)28-17-18-10-7-6-8-11-18/h6-8,10-13,15-16H,3-5,9,14,17H2,1-2H3,(H2,23,25). The molecular formula is C22H29N3O2S. The van der Waals surface area contributed by atoms with E-state index in [1.165, 1.54) is 36.6 Å². The SMILES string of the molecule is CCCCCCOc1ccc(C=NN=C(N)SCc2ccccc2)cc1OC. The molecule has 0 saturated heterocycles. The fourth-order valence-corrected chi connectivity index (χ4v) is 3.12. The van der Waals surface area contributed by atoms with Crippen LogP contribution in [-0.2, 0) is 5.75 Å². The zero-order valence-electron chi connectivity index (χ0n) is 16.6. The summed E-state index contributed by atoms with van der Waals surface area (Å²) in [5, 5.41) is 8.55. The van der Waals surface area contributed by atoms with Crippen LogP contribution in [0.2, 0.25) is 0 Å². The Bertz CT molecular complexity index is 764. The minimum atomic E-state index is 0.430. The Kier molecular flexibility index (Phi) is 10.0. The summed E-state index contributed by atoms with van der Waals surface area (Å²) in [4.78, 5) is 0. The Morgan fingerprint density at radius 2 is 1.89 bits per heavy atom. The van der Waals surface area contributed by atoms with E-state index in [1.807, 2.05) is 36.4 Å². The van der Waals surface area contributed by atoms with Crippen molar-refractivity contribution < 1.29 is 9.47 Å². The van der Waals surface area contributed by atoms with Gasteiger partial charge in [0.2, 0.25) is 0 Å². The average molecular weight is 400 g/mol. The molecule has 0 unspecified atom stereocenters. The summed E-state index contributed by atoms with van der Waals surface area (Å²) >= 11 is 1.46. The second kappa shape index (κ2) is 12.8. The van der Waals surface area contributed by atoms with Crippen molar-refractivity contribution in [3.63, 3.8) is 0 Å². The summed E-state index contributed by atoms with van der Waals surface area (Å²) in [5.41, 5.74) is 7.98. The second-order valence-electron chi connectivity index (χ2n) is 6.28. The lowest BCUT2D eigenvalue weighted by molar-refractivity contribution is 0.285. The van der Waals surface area contributed by atoms with E-state index in [9.17, 15) is 0 Å². The van der Waals surface area contributed by atoms with Crippen LogP contribution in [0.25, 0.3) is 0 Å². The topological polar surface area (TPSA) is 69.2 Å². The van der Waals surface area contributed by atoms with E-state index >= 15 is 0 Å². The maximum Gasteiger partial charge on any atom is 0.180 e. The van der Waals surface area contributed by atoms with Gasteiger partial charge in [-0.05, 0) is 35.7 Å². The van der Waals surface area contributed by atoms with Crippen LogP contribution in [-0.4, -0.2) is 25.1 Å². The van der Waals surface area contributed by atoms with Crippen LogP contribution in [0.3, 0.4) is 0 Å². The summed E-state index contributed by atoms with van der Waals surface area (Å²) in [7, 11) is 1.64. The van der Waals surface area contributed by atoms with Gasteiger partial charge in [0.05, 0.1) is 19.9 Å². The minimum Gasteiger partial charge on any atom is -0.493 e. The number of unbranched alkanes of at least 4 members (excludes halogenated alkanes) is 3. The molecule has 0 amide bonds. The molecule has 6 heteroatoms. The number of ether oxygens (including phenoxy) is 2. The summed E-state index contributed by atoms with van der Waals surface area (Å²) in [6, 6.07) is 15.8. The number of thioether (sulfide) groups is 1. The molecule has 0 aromatic heterocycles. The van der Waals surface area contributed by atoms with Gasteiger partial charge in [-0.15, -0.1) is 5.10 Å². The maximum absolute atomic E-state index is 5.91. The van der Waals surface area contributed by atoms with Crippen molar-refractivity contribution in [2.45, 2.75) is 38.4 Å². The smallest absolute Gasteiger partial charge is 0.180 e. The quantitative estimate of drug-likeness (QED) is 0.243. The van der Waals surface area contributed by atoms with Crippen molar-refractivity contribution in [3.8, 4) is 11.5 Å². The van der Waals surface area contributed by atoms with Gasteiger partial charge in [-0.25, -0.2) is 0 Å². The molecule has 2 rings (SSSR count). The molecule has 0 spiro atoms. The third kappa shape index (κ3) is 8.05.